The first-order chi connectivity index (χ1) is 14.5. The molecule has 0 bridgehead atoms. The van der Waals surface area contributed by atoms with E-state index in [4.69, 9.17) is 14.2 Å². The van der Waals surface area contributed by atoms with E-state index in [9.17, 15) is 9.59 Å². The van der Waals surface area contributed by atoms with E-state index >= 15 is 0 Å². The number of benzene rings is 2. The molecule has 2 amide bonds. The molecule has 0 spiro atoms. The Hall–Kier alpha value is -3.22. The molecule has 1 heterocycles. The second-order valence-electron chi connectivity index (χ2n) is 7.16. The third-order valence-corrected chi connectivity index (χ3v) is 5.38. The van der Waals surface area contributed by atoms with Crippen LogP contribution >= 0.6 is 0 Å². The van der Waals surface area contributed by atoms with Crippen LogP contribution in [0.2, 0.25) is 0 Å². The number of nitrogens with zero attached hydrogens (tertiary/aromatic N) is 1. The Bertz CT molecular complexity index is 868. The van der Waals surface area contributed by atoms with Gasteiger partial charge in [0, 0.05) is 13.5 Å². The zero-order valence-corrected chi connectivity index (χ0v) is 17.6. The van der Waals surface area contributed by atoms with Crippen molar-refractivity contribution in [2.45, 2.75) is 18.9 Å². The van der Waals surface area contributed by atoms with Crippen LogP contribution < -0.4 is 19.5 Å². The van der Waals surface area contributed by atoms with E-state index in [0.29, 0.717) is 37.5 Å². The summed E-state index contributed by atoms with van der Waals surface area (Å²) in [5.41, 5.74) is 0.914. The van der Waals surface area contributed by atoms with Crippen molar-refractivity contribution in [2.24, 2.45) is 5.92 Å². The van der Waals surface area contributed by atoms with Gasteiger partial charge in [0.15, 0.2) is 11.5 Å². The van der Waals surface area contributed by atoms with Gasteiger partial charge in [-0.1, -0.05) is 24.3 Å². The maximum atomic E-state index is 12.9. The molecule has 0 saturated carbocycles. The Labute approximate surface area is 176 Å². The summed E-state index contributed by atoms with van der Waals surface area (Å²) in [6, 6.07) is 14.6. The van der Waals surface area contributed by atoms with Gasteiger partial charge in [0.2, 0.25) is 11.8 Å². The normalized spacial score (nSPS) is 18.6. The van der Waals surface area contributed by atoms with Gasteiger partial charge in [-0.05, 0) is 36.2 Å². The Morgan fingerprint density at radius 1 is 1.07 bits per heavy atom. The van der Waals surface area contributed by atoms with E-state index in [0.717, 1.165) is 11.3 Å². The van der Waals surface area contributed by atoms with Crippen LogP contribution in [0.15, 0.2) is 48.5 Å². The van der Waals surface area contributed by atoms with Gasteiger partial charge in [-0.25, -0.2) is 0 Å². The van der Waals surface area contributed by atoms with Gasteiger partial charge in [0.05, 0.1) is 32.7 Å². The number of hydrogen-bond acceptors (Lipinski definition) is 5. The molecule has 7 nitrogen and oxygen atoms in total. The van der Waals surface area contributed by atoms with Gasteiger partial charge in [-0.15, -0.1) is 0 Å². The zero-order chi connectivity index (χ0) is 21.5. The van der Waals surface area contributed by atoms with Gasteiger partial charge < -0.3 is 24.4 Å². The fraction of sp³-hybridized carbons (Fsp3) is 0.391. The minimum Gasteiger partial charge on any atom is -0.497 e. The van der Waals surface area contributed by atoms with Crippen molar-refractivity contribution in [2.75, 3.05) is 34.4 Å². The number of hydrogen-bond donors (Lipinski definition) is 1. The zero-order valence-electron chi connectivity index (χ0n) is 17.6. The highest BCUT2D eigenvalue weighted by Crippen LogP contribution is 2.36. The second-order valence-corrected chi connectivity index (χ2v) is 7.16. The van der Waals surface area contributed by atoms with Gasteiger partial charge >= 0.3 is 0 Å². The molecule has 2 aromatic rings. The van der Waals surface area contributed by atoms with Crippen molar-refractivity contribution in [1.82, 2.24) is 10.2 Å². The monoisotopic (exact) mass is 412 g/mol. The van der Waals surface area contributed by atoms with Gasteiger partial charge in [0.25, 0.3) is 0 Å². The lowest BCUT2D eigenvalue weighted by Gasteiger charge is -2.38. The summed E-state index contributed by atoms with van der Waals surface area (Å²) < 4.78 is 16.2. The minimum atomic E-state index is -0.327. The summed E-state index contributed by atoms with van der Waals surface area (Å²) in [7, 11) is 4.94. The van der Waals surface area contributed by atoms with Crippen LogP contribution in [0.1, 0.15) is 24.4 Å². The van der Waals surface area contributed by atoms with Crippen LogP contribution in [0.25, 0.3) is 0 Å². The lowest BCUT2D eigenvalue weighted by atomic mass is 9.84. The molecule has 1 saturated heterocycles. The van der Waals surface area contributed by atoms with E-state index in [1.165, 1.54) is 0 Å². The first-order valence-electron chi connectivity index (χ1n) is 9.98. The molecule has 3 rings (SSSR count). The first kappa shape index (κ1) is 21.5. The number of amides is 2. The average molecular weight is 412 g/mol. The summed E-state index contributed by atoms with van der Waals surface area (Å²) in [6.07, 6.45) is 0.873. The molecule has 0 aliphatic carbocycles. The molecule has 160 valence electrons. The molecule has 1 N–H and O–H groups in total. The predicted molar refractivity (Wildman–Crippen MR) is 113 cm³/mol. The maximum Gasteiger partial charge on any atom is 0.225 e. The molecule has 2 aromatic carbocycles. The summed E-state index contributed by atoms with van der Waals surface area (Å²) in [5.74, 6) is 1.65. The number of rotatable bonds is 8. The third-order valence-electron chi connectivity index (χ3n) is 5.38. The minimum absolute atomic E-state index is 0.0411. The molecule has 1 aliphatic rings. The highest BCUT2D eigenvalue weighted by molar-refractivity contribution is 5.84. The quantitative estimate of drug-likeness (QED) is 0.675. The Balaban J connectivity index is 1.62. The number of carbonyl (C=O) groups excluding carboxylic acids is 2. The first-order valence-corrected chi connectivity index (χ1v) is 9.98. The molecule has 0 aromatic heterocycles. The van der Waals surface area contributed by atoms with E-state index < -0.39 is 0 Å². The Morgan fingerprint density at radius 2 is 1.77 bits per heavy atom. The lowest BCUT2D eigenvalue weighted by molar-refractivity contribution is -0.141. The SMILES string of the molecule is COc1ccc([C@H]2[C@H](C(=O)NCCOc3ccccc3OC)CCC(=O)N2C)cc1. The van der Waals surface area contributed by atoms with E-state index in [2.05, 4.69) is 5.32 Å². The topological polar surface area (TPSA) is 77.1 Å². The number of likely N-dealkylation sites (tertiary alicyclic amines) is 1. The molecule has 30 heavy (non-hydrogen) atoms. The van der Waals surface area contributed by atoms with Crippen LogP contribution in [0, 0.1) is 5.92 Å². The van der Waals surface area contributed by atoms with Gasteiger partial charge in [-0.3, -0.25) is 9.59 Å². The van der Waals surface area contributed by atoms with Crippen LogP contribution in [-0.4, -0.2) is 51.1 Å². The number of para-hydroxylation sites is 2. The lowest BCUT2D eigenvalue weighted by Crippen LogP contribution is -2.46. The van der Waals surface area contributed by atoms with Crippen molar-refractivity contribution in [1.29, 1.82) is 0 Å². The fourth-order valence-electron chi connectivity index (χ4n) is 3.77. The molecule has 2 atom stereocenters. The van der Waals surface area contributed by atoms with Gasteiger partial charge in [0.1, 0.15) is 12.4 Å². The fourth-order valence-corrected chi connectivity index (χ4v) is 3.77. The summed E-state index contributed by atoms with van der Waals surface area (Å²) >= 11 is 0. The van der Waals surface area contributed by atoms with Crippen molar-refractivity contribution in [3.05, 3.63) is 54.1 Å². The molecular weight excluding hydrogens is 384 g/mol. The number of nitrogens with one attached hydrogen (secondary N) is 1. The average Bonchev–Trinajstić information content (AvgIpc) is 2.78. The number of methoxy groups -OCH3 is 2. The van der Waals surface area contributed by atoms with Crippen molar-refractivity contribution < 1.29 is 23.8 Å². The highest BCUT2D eigenvalue weighted by atomic mass is 16.5. The number of ether oxygens (including phenoxy) is 3. The van der Waals surface area contributed by atoms with Crippen LogP contribution in [0.4, 0.5) is 0 Å². The Kier molecular flexibility index (Phi) is 7.17. The van der Waals surface area contributed by atoms with Crippen molar-refractivity contribution >= 4 is 11.8 Å². The molecule has 0 unspecified atom stereocenters. The molecule has 1 fully saturated rings. The second kappa shape index (κ2) is 10.0. The van der Waals surface area contributed by atoms with Crippen LogP contribution in [-0.2, 0) is 9.59 Å². The summed E-state index contributed by atoms with van der Waals surface area (Å²) in [5, 5.41) is 2.95. The molecular formula is C23H28N2O5. The Morgan fingerprint density at radius 3 is 2.43 bits per heavy atom. The van der Waals surface area contributed by atoms with E-state index in [-0.39, 0.29) is 23.8 Å². The highest BCUT2D eigenvalue weighted by Gasteiger charge is 2.38. The third kappa shape index (κ3) is 4.84. The van der Waals surface area contributed by atoms with E-state index in [1.807, 2.05) is 48.5 Å². The molecule has 1 aliphatic heterocycles. The smallest absolute Gasteiger partial charge is 0.225 e. The van der Waals surface area contributed by atoms with E-state index in [1.54, 1.807) is 26.2 Å². The number of carbonyl (C=O) groups is 2. The van der Waals surface area contributed by atoms with Crippen molar-refractivity contribution in [3.63, 3.8) is 0 Å². The van der Waals surface area contributed by atoms with Gasteiger partial charge in [-0.2, -0.15) is 0 Å². The van der Waals surface area contributed by atoms with Crippen LogP contribution in [0.5, 0.6) is 17.2 Å². The molecule has 0 radical (unpaired) electrons. The summed E-state index contributed by atoms with van der Waals surface area (Å²) in [4.78, 5) is 26.9. The number of piperidine rings is 1. The summed E-state index contributed by atoms with van der Waals surface area (Å²) in [6.45, 7) is 0.682. The molecule has 7 heteroatoms. The maximum absolute atomic E-state index is 12.9. The van der Waals surface area contributed by atoms with Crippen LogP contribution in [0.3, 0.4) is 0 Å². The standard InChI is InChI=1S/C23H28N2O5/c1-25-21(26)13-12-18(22(25)16-8-10-17(28-2)11-9-16)23(27)24-14-15-30-20-7-5-4-6-19(20)29-3/h4-11,18,22H,12-15H2,1-3H3,(H,24,27)/t18-,22+/m1/s1. The predicted octanol–water partition coefficient (Wildman–Crippen LogP) is 2.81. The van der Waals surface area contributed by atoms with Crippen molar-refractivity contribution in [3.8, 4) is 17.2 Å². The largest absolute Gasteiger partial charge is 0.497 e.